The van der Waals surface area contributed by atoms with E-state index in [2.05, 4.69) is 10.4 Å². The van der Waals surface area contributed by atoms with Crippen molar-refractivity contribution in [1.82, 2.24) is 9.78 Å². The maximum absolute atomic E-state index is 12.6. The summed E-state index contributed by atoms with van der Waals surface area (Å²) in [7, 11) is 1.46. The van der Waals surface area contributed by atoms with Gasteiger partial charge in [-0.25, -0.2) is 9.48 Å². The Kier molecular flexibility index (Phi) is 5.54. The summed E-state index contributed by atoms with van der Waals surface area (Å²) < 4.78 is 6.37. The van der Waals surface area contributed by atoms with Gasteiger partial charge < -0.3 is 10.1 Å². The van der Waals surface area contributed by atoms with E-state index in [1.54, 1.807) is 36.4 Å². The number of nitrogens with zero attached hydrogens (tertiary/aromatic N) is 2. The highest BCUT2D eigenvalue weighted by Gasteiger charge is 2.23. The summed E-state index contributed by atoms with van der Waals surface area (Å²) in [6.07, 6.45) is -0.126. The molecule has 0 radical (unpaired) electrons. The highest BCUT2D eigenvalue weighted by Crippen LogP contribution is 2.15. The second kappa shape index (κ2) is 8.04. The molecular formula is C21H21N3O4. The second-order valence-corrected chi connectivity index (χ2v) is 6.41. The van der Waals surface area contributed by atoms with Crippen molar-refractivity contribution in [3.05, 3.63) is 70.1 Å². The molecule has 3 aromatic rings. The van der Waals surface area contributed by atoms with Crippen molar-refractivity contribution in [1.29, 1.82) is 0 Å². The molecule has 2 aromatic carbocycles. The molecule has 1 aromatic heterocycles. The van der Waals surface area contributed by atoms with E-state index in [1.165, 1.54) is 14.0 Å². The van der Waals surface area contributed by atoms with Crippen LogP contribution in [0.25, 0.3) is 10.8 Å². The Hall–Kier alpha value is -3.48. The highest BCUT2D eigenvalue weighted by atomic mass is 16.5. The predicted molar refractivity (Wildman–Crippen MR) is 106 cm³/mol. The Morgan fingerprint density at radius 3 is 2.39 bits per heavy atom. The molecule has 1 heterocycles. The Morgan fingerprint density at radius 2 is 1.75 bits per heavy atom. The van der Waals surface area contributed by atoms with Crippen LogP contribution >= 0.6 is 0 Å². The number of nitrogens with one attached hydrogen (secondary N) is 1. The molecule has 1 N–H and O–H groups in total. The summed E-state index contributed by atoms with van der Waals surface area (Å²) in [6, 6.07) is 14.1. The van der Waals surface area contributed by atoms with Crippen LogP contribution in [-0.4, -0.2) is 27.8 Å². The average Bonchev–Trinajstić information content (AvgIpc) is 2.71. The third kappa shape index (κ3) is 3.93. The Labute approximate surface area is 161 Å². The zero-order valence-electron chi connectivity index (χ0n) is 15.9. The third-order valence-electron chi connectivity index (χ3n) is 4.43. The summed E-state index contributed by atoms with van der Waals surface area (Å²) in [5, 5.41) is 7.48. The van der Waals surface area contributed by atoms with Gasteiger partial charge in [0.25, 0.3) is 11.5 Å². The van der Waals surface area contributed by atoms with Gasteiger partial charge in [0.05, 0.1) is 5.39 Å². The first-order chi connectivity index (χ1) is 13.4. The fourth-order valence-electron chi connectivity index (χ4n) is 2.79. The first-order valence-corrected chi connectivity index (χ1v) is 8.97. The lowest BCUT2D eigenvalue weighted by atomic mass is 10.1. The molecule has 0 saturated heterocycles. The molecule has 0 bridgehead atoms. The van der Waals surface area contributed by atoms with E-state index in [4.69, 9.17) is 4.74 Å². The number of amides is 1. The molecule has 1 amide bonds. The van der Waals surface area contributed by atoms with Gasteiger partial charge in [0, 0.05) is 18.1 Å². The maximum atomic E-state index is 12.6. The molecule has 0 spiro atoms. The molecule has 0 aliphatic heterocycles. The van der Waals surface area contributed by atoms with Crippen LogP contribution in [0.4, 0.5) is 5.69 Å². The number of carbonyl (C=O) groups excluding carboxylic acids is 2. The van der Waals surface area contributed by atoms with Gasteiger partial charge in [-0.1, -0.05) is 37.3 Å². The van der Waals surface area contributed by atoms with E-state index in [9.17, 15) is 14.4 Å². The minimum absolute atomic E-state index is 0.00958. The number of carbonyl (C=O) groups is 2. The first kappa shape index (κ1) is 19.3. The summed E-state index contributed by atoms with van der Waals surface area (Å²) in [4.78, 5) is 37.1. The number of hydrogen-bond acceptors (Lipinski definition) is 5. The van der Waals surface area contributed by atoms with E-state index in [1.807, 2.05) is 19.1 Å². The van der Waals surface area contributed by atoms with E-state index < -0.39 is 18.0 Å². The number of hydrogen-bond donors (Lipinski definition) is 1. The van der Waals surface area contributed by atoms with Gasteiger partial charge in [-0.2, -0.15) is 5.10 Å². The average molecular weight is 379 g/mol. The van der Waals surface area contributed by atoms with Crippen LogP contribution in [0.1, 0.15) is 29.9 Å². The Morgan fingerprint density at radius 1 is 1.11 bits per heavy atom. The minimum Gasteiger partial charge on any atom is -0.448 e. The fraction of sp³-hybridized carbons (Fsp3) is 0.238. The lowest BCUT2D eigenvalue weighted by molar-refractivity contribution is -0.123. The van der Waals surface area contributed by atoms with Crippen LogP contribution in [0.5, 0.6) is 0 Å². The van der Waals surface area contributed by atoms with Crippen molar-refractivity contribution in [3.63, 3.8) is 0 Å². The van der Waals surface area contributed by atoms with Crippen LogP contribution in [0.2, 0.25) is 0 Å². The maximum Gasteiger partial charge on any atom is 0.360 e. The monoisotopic (exact) mass is 379 g/mol. The number of fused-ring (bicyclic) bond motifs is 1. The SMILES string of the molecule is CCc1ccc(NC(=O)[C@H](C)OC(=O)c2nn(C)c(=O)c3ccccc23)cc1. The summed E-state index contributed by atoms with van der Waals surface area (Å²) in [6.45, 7) is 3.53. The number of esters is 1. The molecule has 0 saturated carbocycles. The molecule has 3 rings (SSSR count). The van der Waals surface area contributed by atoms with Gasteiger partial charge in [-0.15, -0.1) is 0 Å². The number of anilines is 1. The molecule has 0 unspecified atom stereocenters. The number of aromatic nitrogens is 2. The van der Waals surface area contributed by atoms with Crippen molar-refractivity contribution >= 4 is 28.3 Å². The lowest BCUT2D eigenvalue weighted by Crippen LogP contribution is -2.31. The Balaban J connectivity index is 1.77. The summed E-state index contributed by atoms with van der Waals surface area (Å²) >= 11 is 0. The smallest absolute Gasteiger partial charge is 0.360 e. The standard InChI is InChI=1S/C21H21N3O4/c1-4-14-9-11-15(12-10-14)22-19(25)13(2)28-21(27)18-16-7-5-6-8-17(16)20(26)24(3)23-18/h5-13H,4H2,1-3H3,(H,22,25)/t13-/m0/s1. The zero-order valence-corrected chi connectivity index (χ0v) is 15.9. The molecule has 7 heteroatoms. The van der Waals surface area contributed by atoms with Crippen LogP contribution in [0.15, 0.2) is 53.3 Å². The van der Waals surface area contributed by atoms with E-state index >= 15 is 0 Å². The van der Waals surface area contributed by atoms with Gasteiger partial charge in [0.1, 0.15) is 0 Å². The molecule has 7 nitrogen and oxygen atoms in total. The predicted octanol–water partition coefficient (Wildman–Crippen LogP) is 2.68. The molecule has 28 heavy (non-hydrogen) atoms. The van der Waals surface area contributed by atoms with Gasteiger partial charge in [0.15, 0.2) is 11.8 Å². The minimum atomic E-state index is -1.03. The van der Waals surface area contributed by atoms with Crippen LogP contribution in [-0.2, 0) is 23.0 Å². The molecule has 0 aliphatic rings. The first-order valence-electron chi connectivity index (χ1n) is 8.97. The van der Waals surface area contributed by atoms with Gasteiger partial charge in [-0.05, 0) is 37.1 Å². The second-order valence-electron chi connectivity index (χ2n) is 6.41. The number of ether oxygens (including phenoxy) is 1. The molecule has 0 fully saturated rings. The Bertz CT molecular complexity index is 1090. The van der Waals surface area contributed by atoms with E-state index in [0.29, 0.717) is 16.5 Å². The van der Waals surface area contributed by atoms with E-state index in [-0.39, 0.29) is 11.3 Å². The fourth-order valence-corrected chi connectivity index (χ4v) is 2.79. The van der Waals surface area contributed by atoms with Crippen molar-refractivity contribution in [2.45, 2.75) is 26.4 Å². The highest BCUT2D eigenvalue weighted by molar-refractivity contribution is 6.03. The molecular weight excluding hydrogens is 358 g/mol. The van der Waals surface area contributed by atoms with Gasteiger partial charge in [0.2, 0.25) is 0 Å². The third-order valence-corrected chi connectivity index (χ3v) is 4.43. The molecule has 144 valence electrons. The number of rotatable bonds is 5. The normalized spacial score (nSPS) is 11.8. The van der Waals surface area contributed by atoms with E-state index in [0.717, 1.165) is 16.7 Å². The van der Waals surface area contributed by atoms with Crippen molar-refractivity contribution in [3.8, 4) is 0 Å². The lowest BCUT2D eigenvalue weighted by Gasteiger charge is -2.14. The van der Waals surface area contributed by atoms with Crippen molar-refractivity contribution in [2.24, 2.45) is 7.05 Å². The van der Waals surface area contributed by atoms with Gasteiger partial charge >= 0.3 is 5.97 Å². The molecule has 1 atom stereocenters. The topological polar surface area (TPSA) is 90.3 Å². The van der Waals surface area contributed by atoms with Crippen molar-refractivity contribution < 1.29 is 14.3 Å². The largest absolute Gasteiger partial charge is 0.448 e. The number of benzene rings is 2. The molecule has 0 aliphatic carbocycles. The summed E-state index contributed by atoms with van der Waals surface area (Å²) in [5.74, 6) is -1.22. The van der Waals surface area contributed by atoms with Crippen molar-refractivity contribution in [2.75, 3.05) is 5.32 Å². The number of aryl methyl sites for hydroxylation is 2. The zero-order chi connectivity index (χ0) is 20.3. The van der Waals surface area contributed by atoms with Crippen LogP contribution in [0.3, 0.4) is 0 Å². The summed E-state index contributed by atoms with van der Waals surface area (Å²) in [5.41, 5.74) is 1.46. The van der Waals surface area contributed by atoms with Crippen LogP contribution < -0.4 is 10.9 Å². The quantitative estimate of drug-likeness (QED) is 0.689. The van der Waals surface area contributed by atoms with Crippen LogP contribution in [0, 0.1) is 0 Å². The van der Waals surface area contributed by atoms with Gasteiger partial charge in [-0.3, -0.25) is 9.59 Å².